The number of alkyl halides is 3. The molecule has 0 aliphatic heterocycles. The molecule has 0 aromatic rings. The number of aliphatic hydroxyl groups is 2. The van der Waals surface area contributed by atoms with Crippen molar-refractivity contribution in [3.8, 4) is 0 Å². The van der Waals surface area contributed by atoms with E-state index in [4.69, 9.17) is 5.11 Å². The molecule has 0 aromatic carbocycles. The van der Waals surface area contributed by atoms with Crippen LogP contribution in [0, 0.1) is 0 Å². The van der Waals surface area contributed by atoms with Gasteiger partial charge in [0.15, 0.2) is 0 Å². The van der Waals surface area contributed by atoms with Crippen LogP contribution >= 0.6 is 11.8 Å². The lowest BCUT2D eigenvalue weighted by molar-refractivity contribution is -0.174. The van der Waals surface area contributed by atoms with Crippen molar-refractivity contribution in [2.24, 2.45) is 0 Å². The first-order valence-corrected chi connectivity index (χ1v) is 14.7. The van der Waals surface area contributed by atoms with Crippen molar-refractivity contribution in [3.63, 3.8) is 0 Å². The molecule has 8 nitrogen and oxygen atoms in total. The number of halogens is 3. The molecule has 2 amide bonds. The molecule has 0 aliphatic rings. The van der Waals surface area contributed by atoms with Crippen molar-refractivity contribution >= 4 is 29.5 Å². The SMILES string of the molecule is CCCCCCCCC=CC=CC=C[C@@H](SCC(NC(=O)C(F)(F)F)C(=O)NCC(=O)OC)[C@@H](O)CCCCO. The number of rotatable bonds is 22. The molecule has 4 N–H and O–H groups in total. The van der Waals surface area contributed by atoms with Crippen LogP contribution in [0.4, 0.5) is 13.2 Å². The van der Waals surface area contributed by atoms with Gasteiger partial charge in [-0.15, -0.1) is 11.8 Å². The van der Waals surface area contributed by atoms with Crippen LogP contribution in [0.1, 0.15) is 71.1 Å². The molecule has 0 spiro atoms. The van der Waals surface area contributed by atoms with Crippen molar-refractivity contribution in [1.82, 2.24) is 10.6 Å². The van der Waals surface area contributed by atoms with Gasteiger partial charge >= 0.3 is 18.1 Å². The van der Waals surface area contributed by atoms with Crippen LogP contribution in [-0.2, 0) is 19.1 Å². The molecule has 0 aromatic heterocycles. The quantitative estimate of drug-likeness (QED) is 0.0834. The molecule has 0 fully saturated rings. The molecule has 1 unspecified atom stereocenters. The van der Waals surface area contributed by atoms with Gasteiger partial charge in [0.1, 0.15) is 12.6 Å². The Morgan fingerprint density at radius 2 is 1.65 bits per heavy atom. The number of thioether (sulfide) groups is 1. The highest BCUT2D eigenvalue weighted by atomic mass is 32.2. The van der Waals surface area contributed by atoms with Crippen LogP contribution in [-0.4, -0.2) is 77.6 Å². The van der Waals surface area contributed by atoms with Crippen LogP contribution < -0.4 is 10.6 Å². The van der Waals surface area contributed by atoms with Gasteiger partial charge in [-0.3, -0.25) is 14.4 Å². The molecule has 12 heteroatoms. The summed E-state index contributed by atoms with van der Waals surface area (Å²) >= 11 is 0.989. The lowest BCUT2D eigenvalue weighted by atomic mass is 10.1. The maximum Gasteiger partial charge on any atom is 0.471 e. The van der Waals surface area contributed by atoms with Crippen LogP contribution in [0.25, 0.3) is 0 Å². The standard InChI is InChI=1S/C28H45F3N2O6S/c1-3-4-5-6-7-8-9-10-11-12-13-14-18-24(23(35)17-15-16-19-34)40-21-22(33-27(38)28(29,30)31)26(37)32-20-25(36)39-2/h10-14,18,22-24,34-35H,3-9,15-17,19-21H2,1-2H3,(H,32,37)(H,33,38)/t22?,23-,24+/m0/s1. The first-order valence-electron chi connectivity index (χ1n) is 13.7. The molecule has 0 radical (unpaired) electrons. The van der Waals surface area contributed by atoms with E-state index in [0.717, 1.165) is 31.7 Å². The number of aliphatic hydroxyl groups excluding tert-OH is 2. The summed E-state index contributed by atoms with van der Waals surface area (Å²) in [7, 11) is 1.09. The Morgan fingerprint density at radius 1 is 0.975 bits per heavy atom. The Hall–Kier alpha value is -2.31. The van der Waals surface area contributed by atoms with Crippen molar-refractivity contribution in [3.05, 3.63) is 36.5 Å². The Kier molecular flexibility index (Phi) is 22.0. The van der Waals surface area contributed by atoms with Crippen LogP contribution in [0.2, 0.25) is 0 Å². The molecule has 0 heterocycles. The van der Waals surface area contributed by atoms with E-state index in [9.17, 15) is 32.7 Å². The normalized spacial score (nSPS) is 14.5. The largest absolute Gasteiger partial charge is 0.471 e. The van der Waals surface area contributed by atoms with Crippen molar-refractivity contribution < 1.29 is 42.5 Å². The summed E-state index contributed by atoms with van der Waals surface area (Å²) in [5, 5.41) is 22.8. The highest BCUT2D eigenvalue weighted by Gasteiger charge is 2.41. The number of nitrogens with one attached hydrogen (secondary N) is 2. The Bertz CT molecular complexity index is 805. The molecule has 0 bridgehead atoms. The monoisotopic (exact) mass is 594 g/mol. The number of carbonyl (C=O) groups excluding carboxylic acids is 3. The number of allylic oxidation sites excluding steroid dienone is 5. The smallest absolute Gasteiger partial charge is 0.468 e. The van der Waals surface area contributed by atoms with Gasteiger partial charge in [0.25, 0.3) is 0 Å². The van der Waals surface area contributed by atoms with Gasteiger partial charge in [-0.2, -0.15) is 13.2 Å². The molecule has 0 saturated carbocycles. The van der Waals surface area contributed by atoms with Gasteiger partial charge < -0.3 is 25.6 Å². The highest BCUT2D eigenvalue weighted by molar-refractivity contribution is 8.00. The van der Waals surface area contributed by atoms with Gasteiger partial charge in [-0.25, -0.2) is 0 Å². The van der Waals surface area contributed by atoms with Gasteiger partial charge in [-0.05, 0) is 32.1 Å². The Labute approximate surface area is 239 Å². The summed E-state index contributed by atoms with van der Waals surface area (Å²) in [4.78, 5) is 35.3. The first-order chi connectivity index (χ1) is 19.1. The summed E-state index contributed by atoms with van der Waals surface area (Å²) in [5.41, 5.74) is 0. The van der Waals surface area contributed by atoms with E-state index in [-0.39, 0.29) is 12.4 Å². The van der Waals surface area contributed by atoms with Gasteiger partial charge in [-0.1, -0.05) is 75.5 Å². The number of methoxy groups -OCH3 is 1. The average molecular weight is 595 g/mol. The lowest BCUT2D eigenvalue weighted by Crippen LogP contribution is -2.52. The summed E-state index contributed by atoms with van der Waals surface area (Å²) in [6.07, 6.45) is 14.5. The van der Waals surface area contributed by atoms with Crippen molar-refractivity contribution in [2.75, 3.05) is 26.0 Å². The van der Waals surface area contributed by atoms with E-state index in [0.29, 0.717) is 19.3 Å². The molecular weight excluding hydrogens is 549 g/mol. The zero-order chi connectivity index (χ0) is 30.2. The average Bonchev–Trinajstić information content (AvgIpc) is 2.92. The van der Waals surface area contributed by atoms with Gasteiger partial charge in [0.2, 0.25) is 5.91 Å². The predicted molar refractivity (Wildman–Crippen MR) is 152 cm³/mol. The van der Waals surface area contributed by atoms with E-state index < -0.39 is 47.9 Å². The summed E-state index contributed by atoms with van der Waals surface area (Å²) in [6.45, 7) is 1.56. The van der Waals surface area contributed by atoms with Crippen LogP contribution in [0.3, 0.4) is 0 Å². The molecule has 0 saturated heterocycles. The molecule has 40 heavy (non-hydrogen) atoms. The second kappa shape index (κ2) is 23.4. The van der Waals surface area contributed by atoms with Gasteiger partial charge in [0.05, 0.1) is 13.2 Å². The molecule has 0 rings (SSSR count). The number of ether oxygens (including phenoxy) is 1. The van der Waals surface area contributed by atoms with E-state index in [1.54, 1.807) is 23.5 Å². The first kappa shape index (κ1) is 37.7. The number of carbonyl (C=O) groups is 3. The minimum absolute atomic E-state index is 0.0416. The number of hydrogen-bond donors (Lipinski definition) is 4. The lowest BCUT2D eigenvalue weighted by Gasteiger charge is -2.23. The fourth-order valence-electron chi connectivity index (χ4n) is 3.43. The number of hydrogen-bond acceptors (Lipinski definition) is 7. The Morgan fingerprint density at radius 3 is 2.30 bits per heavy atom. The van der Waals surface area contributed by atoms with E-state index in [1.165, 1.54) is 32.1 Å². The van der Waals surface area contributed by atoms with E-state index in [1.807, 2.05) is 12.2 Å². The fourth-order valence-corrected chi connectivity index (χ4v) is 4.64. The third-order valence-electron chi connectivity index (χ3n) is 5.75. The maximum atomic E-state index is 12.8. The predicted octanol–water partition coefficient (Wildman–Crippen LogP) is 4.37. The summed E-state index contributed by atoms with van der Waals surface area (Å²) in [5.74, 6) is -4.40. The topological polar surface area (TPSA) is 125 Å². The Balaban J connectivity index is 5.22. The minimum atomic E-state index is -5.21. The van der Waals surface area contributed by atoms with Gasteiger partial charge in [0, 0.05) is 17.6 Å². The third-order valence-corrected chi connectivity index (χ3v) is 7.13. The number of amides is 2. The summed E-state index contributed by atoms with van der Waals surface area (Å²) in [6, 6.07) is -1.62. The van der Waals surface area contributed by atoms with Crippen molar-refractivity contribution in [2.45, 2.75) is 94.7 Å². The molecule has 3 atom stereocenters. The van der Waals surface area contributed by atoms with E-state index in [2.05, 4.69) is 23.1 Å². The summed E-state index contributed by atoms with van der Waals surface area (Å²) < 4.78 is 42.9. The van der Waals surface area contributed by atoms with E-state index >= 15 is 0 Å². The number of unbranched alkanes of at least 4 members (excludes halogenated alkanes) is 7. The fraction of sp³-hybridized carbons (Fsp3) is 0.679. The molecule has 0 aliphatic carbocycles. The maximum absolute atomic E-state index is 12.8. The molecule has 230 valence electrons. The van der Waals surface area contributed by atoms with Crippen molar-refractivity contribution in [1.29, 1.82) is 0 Å². The number of esters is 1. The van der Waals surface area contributed by atoms with Crippen LogP contribution in [0.15, 0.2) is 36.5 Å². The zero-order valence-electron chi connectivity index (χ0n) is 23.5. The second-order valence-corrected chi connectivity index (χ2v) is 10.4. The minimum Gasteiger partial charge on any atom is -0.468 e. The highest BCUT2D eigenvalue weighted by Crippen LogP contribution is 2.22. The third kappa shape index (κ3) is 19.7. The van der Waals surface area contributed by atoms with Crippen LogP contribution in [0.5, 0.6) is 0 Å². The molecular formula is C28H45F3N2O6S. The zero-order valence-corrected chi connectivity index (χ0v) is 24.3. The second-order valence-electron chi connectivity index (χ2n) is 9.16.